The molecule has 0 unspecified atom stereocenters. The fraction of sp³-hybridized carbons (Fsp3) is 0.667. The third-order valence-electron chi connectivity index (χ3n) is 3.20. The number of likely N-dealkylation sites (tertiary alicyclic amines) is 1. The summed E-state index contributed by atoms with van der Waals surface area (Å²) in [7, 11) is 0. The van der Waals surface area contributed by atoms with Crippen LogP contribution in [0.15, 0.2) is 12.4 Å². The number of esters is 1. The molecule has 1 saturated heterocycles. The molecule has 7 nitrogen and oxygen atoms in total. The summed E-state index contributed by atoms with van der Waals surface area (Å²) in [5.74, 6) is -0.0415. The minimum atomic E-state index is -0.474. The van der Waals surface area contributed by atoms with Crippen molar-refractivity contribution in [3.63, 3.8) is 0 Å². The normalized spacial score (nSPS) is 15.4. The first-order chi connectivity index (χ1) is 10.3. The Balaban J connectivity index is 1.78. The van der Waals surface area contributed by atoms with Crippen LogP contribution in [0.25, 0.3) is 0 Å². The maximum absolute atomic E-state index is 11.8. The number of amides is 1. The van der Waals surface area contributed by atoms with Gasteiger partial charge in [0.2, 0.25) is 0 Å². The third-order valence-corrected chi connectivity index (χ3v) is 3.20. The molecular formula is C15H23N3O4. The molecule has 2 rings (SSSR count). The summed E-state index contributed by atoms with van der Waals surface area (Å²) in [6, 6.07) is 0. The Morgan fingerprint density at radius 2 is 2.05 bits per heavy atom. The van der Waals surface area contributed by atoms with Crippen LogP contribution in [-0.4, -0.2) is 52.0 Å². The Hall–Kier alpha value is -2.05. The molecule has 0 bridgehead atoms. The number of aromatic nitrogens is 2. The van der Waals surface area contributed by atoms with Gasteiger partial charge in [-0.25, -0.2) is 9.59 Å². The summed E-state index contributed by atoms with van der Waals surface area (Å²) >= 11 is 0. The molecule has 1 aliphatic rings. The lowest BCUT2D eigenvalue weighted by atomic mass is 10.0. The number of rotatable bonds is 4. The van der Waals surface area contributed by atoms with E-state index >= 15 is 0 Å². The molecule has 2 heterocycles. The summed E-state index contributed by atoms with van der Waals surface area (Å²) in [6.07, 6.45) is 2.90. The molecule has 0 aliphatic carbocycles. The fourth-order valence-corrected chi connectivity index (χ4v) is 2.21. The molecule has 1 aromatic rings. The number of ether oxygens (including phenoxy) is 2. The van der Waals surface area contributed by atoms with Crippen LogP contribution in [0.5, 0.6) is 0 Å². The summed E-state index contributed by atoms with van der Waals surface area (Å²) in [4.78, 5) is 25.1. The van der Waals surface area contributed by atoms with Crippen molar-refractivity contribution in [3.05, 3.63) is 18.0 Å². The van der Waals surface area contributed by atoms with E-state index in [0.717, 1.165) is 0 Å². The maximum atomic E-state index is 11.8. The number of hydrogen-bond acceptors (Lipinski definition) is 5. The van der Waals surface area contributed by atoms with Gasteiger partial charge in [-0.2, -0.15) is 5.10 Å². The average molecular weight is 309 g/mol. The van der Waals surface area contributed by atoms with Gasteiger partial charge in [0.25, 0.3) is 0 Å². The van der Waals surface area contributed by atoms with Gasteiger partial charge in [0.1, 0.15) is 5.60 Å². The van der Waals surface area contributed by atoms with Crippen molar-refractivity contribution in [3.8, 4) is 0 Å². The van der Waals surface area contributed by atoms with Crippen molar-refractivity contribution in [1.82, 2.24) is 14.7 Å². The average Bonchev–Trinajstić information content (AvgIpc) is 2.79. The Labute approximate surface area is 130 Å². The predicted octanol–water partition coefficient (Wildman–Crippen LogP) is 1.93. The molecule has 0 aromatic carbocycles. The van der Waals surface area contributed by atoms with E-state index in [1.165, 1.54) is 6.20 Å². The number of carbonyl (C=O) groups excluding carboxylic acids is 2. The molecule has 1 aliphatic heterocycles. The minimum Gasteiger partial charge on any atom is -0.462 e. The molecule has 7 heteroatoms. The first kappa shape index (κ1) is 16.3. The lowest BCUT2D eigenvalue weighted by Crippen LogP contribution is -2.52. The van der Waals surface area contributed by atoms with Crippen LogP contribution in [0.3, 0.4) is 0 Å². The molecule has 22 heavy (non-hydrogen) atoms. The summed E-state index contributed by atoms with van der Waals surface area (Å²) < 4.78 is 11.9. The summed E-state index contributed by atoms with van der Waals surface area (Å²) in [5.41, 5.74) is -0.0243. The van der Waals surface area contributed by atoms with Crippen LogP contribution in [0.1, 0.15) is 38.1 Å². The van der Waals surface area contributed by atoms with E-state index in [1.54, 1.807) is 22.7 Å². The number of carbonyl (C=O) groups is 2. The van der Waals surface area contributed by atoms with E-state index in [-0.39, 0.29) is 12.1 Å². The van der Waals surface area contributed by atoms with Crippen molar-refractivity contribution in [2.24, 2.45) is 5.92 Å². The monoisotopic (exact) mass is 309 g/mol. The second-order valence-corrected chi connectivity index (χ2v) is 6.42. The van der Waals surface area contributed by atoms with E-state index in [4.69, 9.17) is 9.47 Å². The van der Waals surface area contributed by atoms with Crippen molar-refractivity contribution in [2.75, 3.05) is 19.7 Å². The van der Waals surface area contributed by atoms with E-state index in [1.807, 2.05) is 20.8 Å². The van der Waals surface area contributed by atoms with Crippen LogP contribution < -0.4 is 0 Å². The highest BCUT2D eigenvalue weighted by Crippen LogP contribution is 2.21. The quantitative estimate of drug-likeness (QED) is 0.795. The van der Waals surface area contributed by atoms with Gasteiger partial charge in [0, 0.05) is 31.7 Å². The lowest BCUT2D eigenvalue weighted by molar-refractivity contribution is -0.00383. The van der Waals surface area contributed by atoms with Crippen LogP contribution in [0, 0.1) is 5.92 Å². The van der Waals surface area contributed by atoms with Crippen LogP contribution in [0.2, 0.25) is 0 Å². The van der Waals surface area contributed by atoms with Gasteiger partial charge in [-0.3, -0.25) is 4.68 Å². The molecule has 0 N–H and O–H groups in total. The first-order valence-corrected chi connectivity index (χ1v) is 7.46. The van der Waals surface area contributed by atoms with Gasteiger partial charge in [0.15, 0.2) is 0 Å². The maximum Gasteiger partial charge on any atom is 0.410 e. The Bertz CT molecular complexity index is 541. The van der Waals surface area contributed by atoms with Crippen molar-refractivity contribution >= 4 is 12.1 Å². The second kappa shape index (κ2) is 6.37. The molecule has 1 aromatic heterocycles. The van der Waals surface area contributed by atoms with E-state index < -0.39 is 5.60 Å². The van der Waals surface area contributed by atoms with Gasteiger partial charge >= 0.3 is 12.1 Å². The van der Waals surface area contributed by atoms with E-state index in [2.05, 4.69) is 5.10 Å². The van der Waals surface area contributed by atoms with Gasteiger partial charge in [-0.1, -0.05) is 0 Å². The predicted molar refractivity (Wildman–Crippen MR) is 79.5 cm³/mol. The molecule has 1 amide bonds. The largest absolute Gasteiger partial charge is 0.462 e. The van der Waals surface area contributed by atoms with E-state index in [9.17, 15) is 9.59 Å². The highest BCUT2D eigenvalue weighted by Gasteiger charge is 2.33. The van der Waals surface area contributed by atoms with Crippen LogP contribution in [0.4, 0.5) is 4.79 Å². The molecule has 0 spiro atoms. The minimum absolute atomic E-state index is 0.281. The standard InChI is InChI=1S/C15H23N3O4/c1-5-21-13(19)12-6-16-18(10-12)9-11-7-17(8-11)14(20)22-15(2,3)4/h6,10-11H,5,7-9H2,1-4H3. The van der Waals surface area contributed by atoms with Crippen molar-refractivity contribution in [1.29, 1.82) is 0 Å². The zero-order chi connectivity index (χ0) is 16.3. The van der Waals surface area contributed by atoms with Crippen molar-refractivity contribution in [2.45, 2.75) is 39.8 Å². The lowest BCUT2D eigenvalue weighted by Gasteiger charge is -2.39. The molecule has 0 saturated carbocycles. The highest BCUT2D eigenvalue weighted by molar-refractivity contribution is 5.88. The smallest absolute Gasteiger partial charge is 0.410 e. The Morgan fingerprint density at radius 3 is 2.64 bits per heavy atom. The zero-order valence-electron chi connectivity index (χ0n) is 13.5. The Morgan fingerprint density at radius 1 is 1.36 bits per heavy atom. The van der Waals surface area contributed by atoms with Gasteiger partial charge in [-0.05, 0) is 27.7 Å². The Kier molecular flexibility index (Phi) is 4.73. The molecular weight excluding hydrogens is 286 g/mol. The topological polar surface area (TPSA) is 73.7 Å². The molecule has 122 valence electrons. The van der Waals surface area contributed by atoms with Gasteiger partial charge < -0.3 is 14.4 Å². The molecule has 0 atom stereocenters. The summed E-state index contributed by atoms with van der Waals surface area (Å²) in [6.45, 7) is 9.61. The molecule has 1 fully saturated rings. The van der Waals surface area contributed by atoms with Gasteiger partial charge in [0.05, 0.1) is 18.4 Å². The first-order valence-electron chi connectivity index (χ1n) is 7.46. The molecule has 0 radical (unpaired) electrons. The second-order valence-electron chi connectivity index (χ2n) is 6.42. The SMILES string of the molecule is CCOC(=O)c1cnn(CC2CN(C(=O)OC(C)(C)C)C2)c1. The summed E-state index contributed by atoms with van der Waals surface area (Å²) in [5, 5.41) is 4.15. The van der Waals surface area contributed by atoms with Crippen LogP contribution in [-0.2, 0) is 16.0 Å². The number of hydrogen-bond donors (Lipinski definition) is 0. The zero-order valence-corrected chi connectivity index (χ0v) is 13.5. The van der Waals surface area contributed by atoms with Crippen molar-refractivity contribution < 1.29 is 19.1 Å². The fourth-order valence-electron chi connectivity index (χ4n) is 2.21. The number of nitrogens with zero attached hydrogens (tertiary/aromatic N) is 3. The third kappa shape index (κ3) is 4.22. The van der Waals surface area contributed by atoms with Gasteiger partial charge in [-0.15, -0.1) is 0 Å². The van der Waals surface area contributed by atoms with E-state index in [0.29, 0.717) is 37.7 Å². The van der Waals surface area contributed by atoms with Crippen LogP contribution >= 0.6 is 0 Å². The highest BCUT2D eigenvalue weighted by atomic mass is 16.6.